The van der Waals surface area contributed by atoms with Gasteiger partial charge in [0.15, 0.2) is 0 Å². The van der Waals surface area contributed by atoms with Crippen LogP contribution < -0.4 is 15.8 Å². The highest BCUT2D eigenvalue weighted by atomic mass is 79.9. The van der Waals surface area contributed by atoms with Crippen molar-refractivity contribution in [2.45, 2.75) is 19.1 Å². The number of benzene rings is 1. The van der Waals surface area contributed by atoms with Crippen LogP contribution in [0.4, 0.5) is 0 Å². The van der Waals surface area contributed by atoms with Gasteiger partial charge in [0.05, 0.1) is 4.47 Å². The Labute approximate surface area is 126 Å². The van der Waals surface area contributed by atoms with Crippen LogP contribution in [-0.4, -0.2) is 48.0 Å². The Morgan fingerprint density at radius 3 is 2.75 bits per heavy atom. The minimum Gasteiger partial charge on any atom is -0.490 e. The van der Waals surface area contributed by atoms with Crippen LogP contribution in [0.1, 0.15) is 5.56 Å². The summed E-state index contributed by atoms with van der Waals surface area (Å²) in [5.74, 6) is -0.154. The Bertz CT molecular complexity index is 456. The summed E-state index contributed by atoms with van der Waals surface area (Å²) in [4.78, 5) is 10.6. The highest BCUT2D eigenvalue weighted by Gasteiger charge is 2.12. The molecule has 1 rings (SSSR count). The number of nitrogens with one attached hydrogen (secondary N) is 1. The van der Waals surface area contributed by atoms with Crippen LogP contribution in [0.5, 0.6) is 5.75 Å². The topological polar surface area (TPSA) is 105 Å². The highest BCUT2D eigenvalue weighted by Crippen LogP contribution is 2.25. The van der Waals surface area contributed by atoms with Crippen LogP contribution in [0.15, 0.2) is 22.7 Å². The van der Waals surface area contributed by atoms with E-state index >= 15 is 0 Å². The quantitative estimate of drug-likeness (QED) is 0.527. The predicted molar refractivity (Wildman–Crippen MR) is 78.5 cm³/mol. The number of rotatable bonds is 8. The number of aliphatic hydroxyl groups is 2. The van der Waals surface area contributed by atoms with Crippen molar-refractivity contribution in [3.05, 3.63) is 28.2 Å². The van der Waals surface area contributed by atoms with Gasteiger partial charge in [0.1, 0.15) is 24.6 Å². The maximum atomic E-state index is 10.6. The summed E-state index contributed by atoms with van der Waals surface area (Å²) in [5.41, 5.74) is 6.00. The van der Waals surface area contributed by atoms with Gasteiger partial charge in [-0.2, -0.15) is 0 Å². The normalized spacial score (nSPS) is 13.8. The Morgan fingerprint density at radius 1 is 1.45 bits per heavy atom. The molecule has 0 fully saturated rings. The lowest BCUT2D eigenvalue weighted by molar-refractivity contribution is -0.125. The monoisotopic (exact) mass is 346 g/mol. The third-order valence-electron chi connectivity index (χ3n) is 2.56. The zero-order chi connectivity index (χ0) is 15.1. The molecule has 0 heterocycles. The van der Waals surface area contributed by atoms with E-state index in [1.807, 2.05) is 25.1 Å². The van der Waals surface area contributed by atoms with Gasteiger partial charge in [-0.25, -0.2) is 0 Å². The molecule has 6 nitrogen and oxygen atoms in total. The molecule has 0 bridgehead atoms. The Kier molecular flexibility index (Phi) is 6.94. The lowest BCUT2D eigenvalue weighted by atomic mass is 10.2. The maximum absolute atomic E-state index is 10.6. The first-order valence-corrected chi connectivity index (χ1v) is 6.94. The number of hydrogen-bond acceptors (Lipinski definition) is 5. The Morgan fingerprint density at radius 2 is 2.15 bits per heavy atom. The van der Waals surface area contributed by atoms with Crippen molar-refractivity contribution in [3.63, 3.8) is 0 Å². The number of ether oxygens (including phenoxy) is 1. The molecule has 112 valence electrons. The van der Waals surface area contributed by atoms with E-state index in [4.69, 9.17) is 15.6 Å². The molecule has 0 aliphatic rings. The molecule has 20 heavy (non-hydrogen) atoms. The summed E-state index contributed by atoms with van der Waals surface area (Å²) in [7, 11) is 0. The van der Waals surface area contributed by atoms with Gasteiger partial charge in [-0.3, -0.25) is 4.79 Å². The van der Waals surface area contributed by atoms with Gasteiger partial charge < -0.3 is 26.0 Å². The van der Waals surface area contributed by atoms with Crippen LogP contribution in [0.3, 0.4) is 0 Å². The van der Waals surface area contributed by atoms with Gasteiger partial charge >= 0.3 is 0 Å². The molecule has 2 atom stereocenters. The molecular weight excluding hydrogens is 328 g/mol. The van der Waals surface area contributed by atoms with Crippen molar-refractivity contribution in [1.29, 1.82) is 0 Å². The van der Waals surface area contributed by atoms with Crippen molar-refractivity contribution in [3.8, 4) is 5.75 Å². The second-order valence-electron chi connectivity index (χ2n) is 4.48. The minimum absolute atomic E-state index is 0.000615. The van der Waals surface area contributed by atoms with Crippen LogP contribution in [0.25, 0.3) is 0 Å². The van der Waals surface area contributed by atoms with Gasteiger partial charge in [-0.1, -0.05) is 6.07 Å². The van der Waals surface area contributed by atoms with Crippen molar-refractivity contribution in [2.75, 3.05) is 19.7 Å². The lowest BCUT2D eigenvalue weighted by Gasteiger charge is -2.15. The first kappa shape index (κ1) is 16.9. The number of aliphatic hydroxyl groups excluding tert-OH is 2. The van der Waals surface area contributed by atoms with Crippen molar-refractivity contribution in [1.82, 2.24) is 5.32 Å². The molecule has 1 amide bonds. The van der Waals surface area contributed by atoms with Gasteiger partial charge in [0, 0.05) is 13.1 Å². The maximum Gasteiger partial charge on any atom is 0.247 e. The average molecular weight is 347 g/mol. The van der Waals surface area contributed by atoms with E-state index in [1.54, 1.807) is 0 Å². The summed E-state index contributed by atoms with van der Waals surface area (Å²) in [5, 5.41) is 21.6. The first-order chi connectivity index (χ1) is 9.40. The number of carbonyl (C=O) groups is 1. The third-order valence-corrected chi connectivity index (χ3v) is 3.18. The van der Waals surface area contributed by atoms with Gasteiger partial charge in [0.2, 0.25) is 5.91 Å². The second kappa shape index (κ2) is 8.21. The van der Waals surface area contributed by atoms with Crippen LogP contribution in [0.2, 0.25) is 0 Å². The molecule has 2 unspecified atom stereocenters. The van der Waals surface area contributed by atoms with E-state index in [2.05, 4.69) is 21.2 Å². The standard InChI is InChI=1S/C13H19BrN2O4/c1-8-2-3-12(10(14)4-8)20-7-9(17)5-16-6-11(18)13(15)19/h2-4,9,11,16-18H,5-7H2,1H3,(H2,15,19). The number of amides is 1. The van der Waals surface area contributed by atoms with Crippen molar-refractivity contribution < 1.29 is 19.7 Å². The molecule has 1 aromatic rings. The van der Waals surface area contributed by atoms with E-state index in [0.29, 0.717) is 5.75 Å². The van der Waals surface area contributed by atoms with Crippen LogP contribution in [-0.2, 0) is 4.79 Å². The molecule has 0 spiro atoms. The van der Waals surface area contributed by atoms with Crippen LogP contribution in [0, 0.1) is 6.92 Å². The molecule has 0 saturated carbocycles. The third kappa shape index (κ3) is 5.87. The first-order valence-electron chi connectivity index (χ1n) is 6.15. The predicted octanol–water partition coefficient (Wildman–Crippen LogP) is -0.0670. The molecule has 0 aromatic heterocycles. The zero-order valence-corrected chi connectivity index (χ0v) is 12.8. The Balaban J connectivity index is 2.29. The zero-order valence-electron chi connectivity index (χ0n) is 11.2. The largest absolute Gasteiger partial charge is 0.490 e. The number of nitrogens with two attached hydrogens (primary N) is 1. The van der Waals surface area contributed by atoms with E-state index < -0.39 is 18.1 Å². The molecule has 7 heteroatoms. The fraction of sp³-hybridized carbons (Fsp3) is 0.462. The summed E-state index contributed by atoms with van der Waals surface area (Å²) in [6.07, 6.45) is -2.02. The average Bonchev–Trinajstić information content (AvgIpc) is 2.37. The van der Waals surface area contributed by atoms with Crippen molar-refractivity contribution in [2.24, 2.45) is 5.73 Å². The molecule has 1 aromatic carbocycles. The highest BCUT2D eigenvalue weighted by molar-refractivity contribution is 9.10. The number of hydrogen-bond donors (Lipinski definition) is 4. The lowest BCUT2D eigenvalue weighted by Crippen LogP contribution is -2.41. The van der Waals surface area contributed by atoms with Gasteiger partial charge in [0.25, 0.3) is 0 Å². The number of aryl methyl sites for hydroxylation is 1. The molecule has 5 N–H and O–H groups in total. The van der Waals surface area contributed by atoms with Gasteiger partial charge in [-0.15, -0.1) is 0 Å². The SMILES string of the molecule is Cc1ccc(OCC(O)CNCC(O)C(N)=O)c(Br)c1. The van der Waals surface area contributed by atoms with Gasteiger partial charge in [-0.05, 0) is 40.5 Å². The van der Waals surface area contributed by atoms with E-state index in [0.717, 1.165) is 10.0 Å². The van der Waals surface area contributed by atoms with E-state index in [9.17, 15) is 9.90 Å². The summed E-state index contributed by atoms with van der Waals surface area (Å²) < 4.78 is 6.29. The molecular formula is C13H19BrN2O4. The molecule has 0 aliphatic carbocycles. The summed E-state index contributed by atoms with van der Waals surface area (Å²) >= 11 is 3.38. The Hall–Kier alpha value is -1.15. The number of halogens is 1. The number of carbonyl (C=O) groups excluding carboxylic acids is 1. The smallest absolute Gasteiger partial charge is 0.247 e. The fourth-order valence-electron chi connectivity index (χ4n) is 1.46. The fourth-order valence-corrected chi connectivity index (χ4v) is 2.06. The van der Waals surface area contributed by atoms with Crippen LogP contribution >= 0.6 is 15.9 Å². The summed E-state index contributed by atoms with van der Waals surface area (Å²) in [6, 6.07) is 5.65. The van der Waals surface area contributed by atoms with E-state index in [1.165, 1.54) is 0 Å². The second-order valence-corrected chi connectivity index (χ2v) is 5.33. The molecule has 0 radical (unpaired) electrons. The van der Waals surface area contributed by atoms with E-state index in [-0.39, 0.29) is 19.7 Å². The number of primary amides is 1. The summed E-state index contributed by atoms with van der Waals surface area (Å²) in [6.45, 7) is 2.26. The minimum atomic E-state index is -1.26. The van der Waals surface area contributed by atoms with Crippen molar-refractivity contribution >= 4 is 21.8 Å². The molecule has 0 aliphatic heterocycles. The molecule has 0 saturated heterocycles.